The van der Waals surface area contributed by atoms with Crippen LogP contribution in [0.5, 0.6) is 0 Å². The average molecular weight is 223 g/mol. The summed E-state index contributed by atoms with van der Waals surface area (Å²) in [5.41, 5.74) is 0. The highest BCUT2D eigenvalue weighted by Crippen LogP contribution is 2.47. The van der Waals surface area contributed by atoms with E-state index in [-0.39, 0.29) is 0 Å². The standard InChI is InChI=1S/C15H29N/c1-11(2)9-16-10-14-5-4-12(3)8-15(14)13-6-7-13/h11-16H,4-10H2,1-3H3. The Labute approximate surface area is 101 Å². The van der Waals surface area contributed by atoms with Crippen molar-refractivity contribution in [3.05, 3.63) is 0 Å². The first-order valence-corrected chi connectivity index (χ1v) is 7.37. The minimum Gasteiger partial charge on any atom is -0.316 e. The van der Waals surface area contributed by atoms with Crippen LogP contribution in [0.15, 0.2) is 0 Å². The third-order valence-corrected chi connectivity index (χ3v) is 4.50. The van der Waals surface area contributed by atoms with Crippen molar-refractivity contribution in [3.63, 3.8) is 0 Å². The molecule has 16 heavy (non-hydrogen) atoms. The monoisotopic (exact) mass is 223 g/mol. The summed E-state index contributed by atoms with van der Waals surface area (Å²) in [6.07, 6.45) is 7.51. The highest BCUT2D eigenvalue weighted by atomic mass is 14.9. The molecule has 2 saturated carbocycles. The smallest absolute Gasteiger partial charge is 0.00176 e. The molecule has 1 nitrogen and oxygen atoms in total. The fourth-order valence-corrected chi connectivity index (χ4v) is 3.40. The number of hydrogen-bond donors (Lipinski definition) is 1. The SMILES string of the molecule is CC(C)CNCC1CCC(C)CC1C1CC1. The fraction of sp³-hybridized carbons (Fsp3) is 1.00. The molecule has 2 aliphatic carbocycles. The molecule has 1 heteroatoms. The Morgan fingerprint density at radius 3 is 2.50 bits per heavy atom. The quantitative estimate of drug-likeness (QED) is 0.749. The molecular formula is C15H29N. The van der Waals surface area contributed by atoms with Gasteiger partial charge in [-0.05, 0) is 68.4 Å². The molecule has 0 aromatic carbocycles. The molecule has 94 valence electrons. The van der Waals surface area contributed by atoms with Gasteiger partial charge in [-0.25, -0.2) is 0 Å². The van der Waals surface area contributed by atoms with E-state index in [1.54, 1.807) is 0 Å². The van der Waals surface area contributed by atoms with Gasteiger partial charge in [-0.15, -0.1) is 0 Å². The van der Waals surface area contributed by atoms with E-state index in [1.165, 1.54) is 45.2 Å². The predicted octanol–water partition coefficient (Wildman–Crippen LogP) is 3.69. The van der Waals surface area contributed by atoms with Gasteiger partial charge >= 0.3 is 0 Å². The number of rotatable bonds is 5. The summed E-state index contributed by atoms with van der Waals surface area (Å²) < 4.78 is 0. The Balaban J connectivity index is 1.77. The van der Waals surface area contributed by atoms with Crippen LogP contribution in [0.1, 0.15) is 52.9 Å². The molecule has 0 saturated heterocycles. The van der Waals surface area contributed by atoms with Crippen LogP contribution < -0.4 is 5.32 Å². The summed E-state index contributed by atoms with van der Waals surface area (Å²) in [4.78, 5) is 0. The maximum atomic E-state index is 3.68. The summed E-state index contributed by atoms with van der Waals surface area (Å²) >= 11 is 0. The normalized spacial score (nSPS) is 35.6. The Kier molecular flexibility index (Phi) is 4.29. The second-order valence-electron chi connectivity index (χ2n) is 6.73. The molecule has 0 bridgehead atoms. The topological polar surface area (TPSA) is 12.0 Å². The van der Waals surface area contributed by atoms with Crippen molar-refractivity contribution in [2.45, 2.75) is 52.9 Å². The van der Waals surface area contributed by atoms with Crippen LogP contribution in [-0.2, 0) is 0 Å². The van der Waals surface area contributed by atoms with Gasteiger partial charge in [-0.2, -0.15) is 0 Å². The highest BCUT2D eigenvalue weighted by molar-refractivity contribution is 4.90. The third-order valence-electron chi connectivity index (χ3n) is 4.50. The Morgan fingerprint density at radius 1 is 1.12 bits per heavy atom. The van der Waals surface area contributed by atoms with Crippen LogP contribution >= 0.6 is 0 Å². The van der Waals surface area contributed by atoms with E-state index in [9.17, 15) is 0 Å². The number of hydrogen-bond acceptors (Lipinski definition) is 1. The van der Waals surface area contributed by atoms with E-state index in [1.807, 2.05) is 0 Å². The lowest BCUT2D eigenvalue weighted by atomic mass is 9.72. The summed E-state index contributed by atoms with van der Waals surface area (Å²) in [6, 6.07) is 0. The molecule has 1 N–H and O–H groups in total. The van der Waals surface area contributed by atoms with Gasteiger partial charge in [-0.3, -0.25) is 0 Å². The fourth-order valence-electron chi connectivity index (χ4n) is 3.40. The molecule has 2 fully saturated rings. The van der Waals surface area contributed by atoms with Crippen LogP contribution in [0.25, 0.3) is 0 Å². The van der Waals surface area contributed by atoms with Gasteiger partial charge in [0, 0.05) is 0 Å². The maximum Gasteiger partial charge on any atom is -0.00176 e. The molecule has 0 aromatic rings. The Hall–Kier alpha value is -0.0400. The molecule has 2 aliphatic rings. The zero-order chi connectivity index (χ0) is 11.5. The lowest BCUT2D eigenvalue weighted by molar-refractivity contribution is 0.162. The summed E-state index contributed by atoms with van der Waals surface area (Å²) in [5.74, 6) is 4.94. The summed E-state index contributed by atoms with van der Waals surface area (Å²) in [7, 11) is 0. The average Bonchev–Trinajstić information content (AvgIpc) is 3.03. The first-order chi connectivity index (χ1) is 7.66. The molecule has 0 radical (unpaired) electrons. The van der Waals surface area contributed by atoms with E-state index in [0.29, 0.717) is 0 Å². The molecule has 0 amide bonds. The predicted molar refractivity (Wildman–Crippen MR) is 70.4 cm³/mol. The Bertz CT molecular complexity index is 207. The van der Waals surface area contributed by atoms with Crippen LogP contribution in [0.3, 0.4) is 0 Å². The Morgan fingerprint density at radius 2 is 1.88 bits per heavy atom. The van der Waals surface area contributed by atoms with Crippen molar-refractivity contribution in [2.75, 3.05) is 13.1 Å². The van der Waals surface area contributed by atoms with E-state index >= 15 is 0 Å². The lowest BCUT2D eigenvalue weighted by Gasteiger charge is -2.35. The maximum absolute atomic E-state index is 3.68. The van der Waals surface area contributed by atoms with E-state index in [4.69, 9.17) is 0 Å². The summed E-state index contributed by atoms with van der Waals surface area (Å²) in [6.45, 7) is 9.53. The van der Waals surface area contributed by atoms with Crippen molar-refractivity contribution in [3.8, 4) is 0 Å². The van der Waals surface area contributed by atoms with E-state index in [2.05, 4.69) is 26.1 Å². The van der Waals surface area contributed by atoms with Gasteiger partial charge < -0.3 is 5.32 Å². The van der Waals surface area contributed by atoms with Crippen LogP contribution in [0, 0.1) is 29.6 Å². The number of nitrogens with one attached hydrogen (secondary N) is 1. The molecule has 2 rings (SSSR count). The zero-order valence-corrected chi connectivity index (χ0v) is 11.3. The second-order valence-corrected chi connectivity index (χ2v) is 6.73. The van der Waals surface area contributed by atoms with Crippen LogP contribution in [0.4, 0.5) is 0 Å². The molecule has 0 heterocycles. The minimum atomic E-state index is 0.793. The van der Waals surface area contributed by atoms with Gasteiger partial charge in [0.1, 0.15) is 0 Å². The zero-order valence-electron chi connectivity index (χ0n) is 11.3. The van der Waals surface area contributed by atoms with Crippen LogP contribution in [0.2, 0.25) is 0 Å². The molecule has 0 spiro atoms. The van der Waals surface area contributed by atoms with Crippen LogP contribution in [-0.4, -0.2) is 13.1 Å². The summed E-state index contributed by atoms with van der Waals surface area (Å²) in [5, 5.41) is 3.68. The van der Waals surface area contributed by atoms with Gasteiger partial charge in [0.15, 0.2) is 0 Å². The second kappa shape index (κ2) is 5.53. The van der Waals surface area contributed by atoms with Crippen molar-refractivity contribution in [1.82, 2.24) is 5.32 Å². The first kappa shape index (κ1) is 12.4. The van der Waals surface area contributed by atoms with Crippen molar-refractivity contribution >= 4 is 0 Å². The van der Waals surface area contributed by atoms with Crippen molar-refractivity contribution in [1.29, 1.82) is 0 Å². The minimum absolute atomic E-state index is 0.793. The lowest BCUT2D eigenvalue weighted by Crippen LogP contribution is -2.35. The van der Waals surface area contributed by atoms with Gasteiger partial charge in [-0.1, -0.05) is 27.2 Å². The largest absolute Gasteiger partial charge is 0.316 e. The molecule has 0 aromatic heterocycles. The van der Waals surface area contributed by atoms with Crippen molar-refractivity contribution < 1.29 is 0 Å². The molecular weight excluding hydrogens is 194 g/mol. The van der Waals surface area contributed by atoms with Gasteiger partial charge in [0.05, 0.1) is 0 Å². The van der Waals surface area contributed by atoms with Crippen molar-refractivity contribution in [2.24, 2.45) is 29.6 Å². The van der Waals surface area contributed by atoms with Gasteiger partial charge in [0.2, 0.25) is 0 Å². The van der Waals surface area contributed by atoms with Gasteiger partial charge in [0.25, 0.3) is 0 Å². The first-order valence-electron chi connectivity index (χ1n) is 7.37. The molecule has 3 atom stereocenters. The van der Waals surface area contributed by atoms with E-state index < -0.39 is 0 Å². The highest BCUT2D eigenvalue weighted by Gasteiger charge is 2.39. The third kappa shape index (κ3) is 3.48. The molecule has 3 unspecified atom stereocenters. The molecule has 0 aliphatic heterocycles. The van der Waals surface area contributed by atoms with E-state index in [0.717, 1.165) is 29.6 Å².